The second-order valence-corrected chi connectivity index (χ2v) is 5.28. The standard InChI is InChI=1S/C10H12N4O4S/c1-11-6-7-2-5-10(18-7)19(16,17)14-8-3-4-9(15)13-12-8/h2-5,11H,6H2,1H3,(H,12,14)(H,13,15). The van der Waals surface area contributed by atoms with Crippen LogP contribution < -0.4 is 15.6 Å². The summed E-state index contributed by atoms with van der Waals surface area (Å²) in [6.45, 7) is 0.423. The molecular formula is C10H12N4O4S. The molecule has 19 heavy (non-hydrogen) atoms. The van der Waals surface area contributed by atoms with Crippen molar-refractivity contribution in [3.8, 4) is 0 Å². The minimum absolute atomic E-state index is 0.00571. The minimum atomic E-state index is -3.85. The maximum atomic E-state index is 11.9. The van der Waals surface area contributed by atoms with Crippen molar-refractivity contribution in [3.05, 3.63) is 40.4 Å². The first kappa shape index (κ1) is 13.3. The molecule has 2 aromatic heterocycles. The Bertz CT molecular complexity index is 699. The average molecular weight is 284 g/mol. The Labute approximate surface area is 108 Å². The zero-order valence-corrected chi connectivity index (χ0v) is 10.8. The van der Waals surface area contributed by atoms with Crippen molar-refractivity contribution >= 4 is 15.8 Å². The van der Waals surface area contributed by atoms with Crippen LogP contribution in [0.5, 0.6) is 0 Å². The second-order valence-electron chi connectivity index (χ2n) is 3.66. The van der Waals surface area contributed by atoms with E-state index in [2.05, 4.69) is 20.2 Å². The van der Waals surface area contributed by atoms with E-state index in [0.29, 0.717) is 12.3 Å². The molecule has 2 aromatic rings. The molecule has 102 valence electrons. The molecule has 0 saturated carbocycles. The van der Waals surface area contributed by atoms with Crippen LogP contribution in [-0.4, -0.2) is 25.7 Å². The maximum absolute atomic E-state index is 11.9. The molecule has 3 N–H and O–H groups in total. The molecule has 0 aliphatic carbocycles. The number of hydrogen-bond donors (Lipinski definition) is 3. The Morgan fingerprint density at radius 2 is 2.11 bits per heavy atom. The number of anilines is 1. The van der Waals surface area contributed by atoms with Gasteiger partial charge in [0, 0.05) is 6.07 Å². The van der Waals surface area contributed by atoms with E-state index in [0.717, 1.165) is 0 Å². The van der Waals surface area contributed by atoms with E-state index in [1.807, 2.05) is 0 Å². The van der Waals surface area contributed by atoms with Crippen molar-refractivity contribution in [2.24, 2.45) is 0 Å². The SMILES string of the molecule is CNCc1ccc(S(=O)(=O)Nc2ccc(=O)[nH]n2)o1. The number of H-pyrrole nitrogens is 1. The Hall–Kier alpha value is -2.13. The van der Waals surface area contributed by atoms with E-state index in [1.54, 1.807) is 13.1 Å². The topological polar surface area (TPSA) is 117 Å². The van der Waals surface area contributed by atoms with Gasteiger partial charge in [-0.05, 0) is 25.2 Å². The molecule has 0 spiro atoms. The molecule has 0 aliphatic heterocycles. The van der Waals surface area contributed by atoms with Crippen molar-refractivity contribution in [3.63, 3.8) is 0 Å². The lowest BCUT2D eigenvalue weighted by Gasteiger charge is -2.03. The Balaban J connectivity index is 2.21. The average Bonchev–Trinajstić information content (AvgIpc) is 2.82. The maximum Gasteiger partial charge on any atom is 0.296 e. The molecule has 0 unspecified atom stereocenters. The molecule has 9 heteroatoms. The molecule has 0 saturated heterocycles. The van der Waals surface area contributed by atoms with Crippen LogP contribution >= 0.6 is 0 Å². The van der Waals surface area contributed by atoms with Crippen molar-refractivity contribution in [1.82, 2.24) is 15.5 Å². The highest BCUT2D eigenvalue weighted by atomic mass is 32.2. The summed E-state index contributed by atoms with van der Waals surface area (Å²) in [4.78, 5) is 10.8. The third kappa shape index (κ3) is 3.20. The minimum Gasteiger partial charge on any atom is -0.446 e. The molecule has 0 bridgehead atoms. The van der Waals surface area contributed by atoms with E-state index >= 15 is 0 Å². The highest BCUT2D eigenvalue weighted by Gasteiger charge is 2.19. The number of aromatic nitrogens is 2. The number of furan rings is 1. The highest BCUT2D eigenvalue weighted by Crippen LogP contribution is 2.16. The largest absolute Gasteiger partial charge is 0.446 e. The normalized spacial score (nSPS) is 11.4. The molecule has 0 fully saturated rings. The van der Waals surface area contributed by atoms with Crippen LogP contribution in [0, 0.1) is 0 Å². The van der Waals surface area contributed by atoms with Gasteiger partial charge in [0.2, 0.25) is 5.09 Å². The number of nitrogens with zero attached hydrogens (tertiary/aromatic N) is 1. The number of nitrogens with one attached hydrogen (secondary N) is 3. The van der Waals surface area contributed by atoms with E-state index in [9.17, 15) is 13.2 Å². The molecular weight excluding hydrogens is 272 g/mol. The van der Waals surface area contributed by atoms with Crippen LogP contribution in [0.3, 0.4) is 0 Å². The van der Waals surface area contributed by atoms with E-state index in [1.165, 1.54) is 18.2 Å². The number of aromatic amines is 1. The van der Waals surface area contributed by atoms with Crippen molar-refractivity contribution < 1.29 is 12.8 Å². The highest BCUT2D eigenvalue weighted by molar-refractivity contribution is 7.92. The third-order valence-corrected chi connectivity index (χ3v) is 3.40. The van der Waals surface area contributed by atoms with Gasteiger partial charge in [0.25, 0.3) is 15.6 Å². The fourth-order valence-corrected chi connectivity index (χ4v) is 2.31. The van der Waals surface area contributed by atoms with Crippen molar-refractivity contribution in [2.45, 2.75) is 11.6 Å². The third-order valence-electron chi connectivity index (χ3n) is 2.17. The summed E-state index contributed by atoms with van der Waals surface area (Å²) in [7, 11) is -2.13. The van der Waals surface area contributed by atoms with E-state index in [4.69, 9.17) is 4.42 Å². The van der Waals surface area contributed by atoms with Gasteiger partial charge >= 0.3 is 0 Å². The summed E-state index contributed by atoms with van der Waals surface area (Å²) < 4.78 is 31.3. The van der Waals surface area contributed by atoms with Gasteiger partial charge in [-0.15, -0.1) is 0 Å². The lowest BCUT2D eigenvalue weighted by Crippen LogP contribution is -2.16. The first-order valence-electron chi connectivity index (χ1n) is 5.33. The predicted molar refractivity (Wildman–Crippen MR) is 67.1 cm³/mol. The summed E-state index contributed by atoms with van der Waals surface area (Å²) in [5.41, 5.74) is -0.419. The van der Waals surface area contributed by atoms with Crippen LogP contribution in [0.25, 0.3) is 0 Å². The Morgan fingerprint density at radius 1 is 1.32 bits per heavy atom. The van der Waals surface area contributed by atoms with Crippen LogP contribution in [-0.2, 0) is 16.6 Å². The number of rotatable bonds is 5. The quantitative estimate of drug-likeness (QED) is 0.705. The van der Waals surface area contributed by atoms with Gasteiger partial charge in [0.05, 0.1) is 6.54 Å². The van der Waals surface area contributed by atoms with Gasteiger partial charge in [-0.25, -0.2) is 5.10 Å². The zero-order chi connectivity index (χ0) is 13.9. The van der Waals surface area contributed by atoms with E-state index in [-0.39, 0.29) is 10.9 Å². The summed E-state index contributed by atoms with van der Waals surface area (Å²) >= 11 is 0. The molecule has 0 aliphatic rings. The second kappa shape index (κ2) is 5.24. The zero-order valence-electron chi connectivity index (χ0n) is 10.0. The number of sulfonamides is 1. The smallest absolute Gasteiger partial charge is 0.296 e. The summed E-state index contributed by atoms with van der Waals surface area (Å²) in [6.07, 6.45) is 0. The summed E-state index contributed by atoms with van der Waals surface area (Å²) in [6, 6.07) is 5.33. The lowest BCUT2D eigenvalue weighted by molar-refractivity contribution is 0.408. The summed E-state index contributed by atoms with van der Waals surface area (Å²) in [5, 5.41) is 8.30. The number of hydrogen-bond acceptors (Lipinski definition) is 6. The van der Waals surface area contributed by atoms with Crippen LogP contribution in [0.2, 0.25) is 0 Å². The van der Waals surface area contributed by atoms with Gasteiger partial charge in [-0.1, -0.05) is 0 Å². The molecule has 0 atom stereocenters. The van der Waals surface area contributed by atoms with Crippen molar-refractivity contribution in [1.29, 1.82) is 0 Å². The first-order chi connectivity index (χ1) is 9.01. The van der Waals surface area contributed by atoms with Crippen LogP contribution in [0.4, 0.5) is 5.82 Å². The molecule has 0 amide bonds. The molecule has 0 radical (unpaired) electrons. The van der Waals surface area contributed by atoms with Gasteiger partial charge in [-0.2, -0.15) is 13.5 Å². The van der Waals surface area contributed by atoms with Crippen molar-refractivity contribution in [2.75, 3.05) is 11.8 Å². The molecule has 2 heterocycles. The fraction of sp³-hybridized carbons (Fsp3) is 0.200. The molecule has 2 rings (SSSR count). The molecule has 8 nitrogen and oxygen atoms in total. The first-order valence-corrected chi connectivity index (χ1v) is 6.81. The van der Waals surface area contributed by atoms with Crippen LogP contribution in [0.1, 0.15) is 5.76 Å². The van der Waals surface area contributed by atoms with Gasteiger partial charge in [-0.3, -0.25) is 9.52 Å². The lowest BCUT2D eigenvalue weighted by atomic mass is 10.4. The van der Waals surface area contributed by atoms with Gasteiger partial charge in [0.1, 0.15) is 5.76 Å². The van der Waals surface area contributed by atoms with Gasteiger partial charge < -0.3 is 9.73 Å². The Morgan fingerprint density at radius 3 is 2.74 bits per heavy atom. The monoisotopic (exact) mass is 284 g/mol. The Kier molecular flexibility index (Phi) is 3.67. The van der Waals surface area contributed by atoms with Gasteiger partial charge in [0.15, 0.2) is 5.82 Å². The van der Waals surface area contributed by atoms with E-state index < -0.39 is 15.6 Å². The predicted octanol–water partition coefficient (Wildman–Crippen LogP) is -0.117. The fourth-order valence-electron chi connectivity index (χ4n) is 1.36. The molecule has 0 aromatic carbocycles. The summed E-state index contributed by atoms with van der Waals surface area (Å²) in [5.74, 6) is 0.503. The van der Waals surface area contributed by atoms with Crippen LogP contribution in [0.15, 0.2) is 38.6 Å².